The Labute approximate surface area is 141 Å². The molecule has 0 spiro atoms. The van der Waals surface area contributed by atoms with E-state index in [-0.39, 0.29) is 6.10 Å². The summed E-state index contributed by atoms with van der Waals surface area (Å²) in [7, 11) is 0. The SMILES string of the molecule is CC1CC2(C)C(CCC3C4CCC(C#N)C4(C)CCC32)CC1O. The summed E-state index contributed by atoms with van der Waals surface area (Å²) in [5.74, 6) is 3.95. The second kappa shape index (κ2) is 5.22. The zero-order valence-electron chi connectivity index (χ0n) is 15.1. The molecule has 4 rings (SSSR count). The van der Waals surface area contributed by atoms with Crippen LogP contribution < -0.4 is 0 Å². The van der Waals surface area contributed by atoms with Gasteiger partial charge in [0.2, 0.25) is 0 Å². The van der Waals surface area contributed by atoms with Crippen LogP contribution in [0.25, 0.3) is 0 Å². The minimum atomic E-state index is -0.0760. The van der Waals surface area contributed by atoms with Gasteiger partial charge in [-0.15, -0.1) is 0 Å². The van der Waals surface area contributed by atoms with Crippen LogP contribution in [0.2, 0.25) is 0 Å². The first-order valence-corrected chi connectivity index (χ1v) is 9.98. The summed E-state index contributed by atoms with van der Waals surface area (Å²) >= 11 is 0. The number of nitrogens with zero attached hydrogens (tertiary/aromatic N) is 1. The molecule has 0 heterocycles. The van der Waals surface area contributed by atoms with Crippen LogP contribution >= 0.6 is 0 Å². The van der Waals surface area contributed by atoms with Crippen molar-refractivity contribution in [1.82, 2.24) is 0 Å². The fourth-order valence-corrected chi connectivity index (χ4v) is 7.81. The standard InChI is InChI=1S/C21H33NO/c1-13-11-21(3)14(10-19(13)23)4-6-16-17-7-5-15(12-22)20(17,2)9-8-18(16)21/h13-19,23H,4-11H2,1-3H3. The molecule has 2 heteroatoms. The molecule has 128 valence electrons. The number of aliphatic hydroxyl groups is 1. The highest BCUT2D eigenvalue weighted by atomic mass is 16.3. The van der Waals surface area contributed by atoms with E-state index in [0.717, 1.165) is 36.5 Å². The molecule has 23 heavy (non-hydrogen) atoms. The highest BCUT2D eigenvalue weighted by Crippen LogP contribution is 2.67. The van der Waals surface area contributed by atoms with Crippen molar-refractivity contribution >= 4 is 0 Å². The van der Waals surface area contributed by atoms with E-state index in [1.165, 1.54) is 38.5 Å². The van der Waals surface area contributed by atoms with E-state index in [1.54, 1.807) is 0 Å². The van der Waals surface area contributed by atoms with Gasteiger partial charge in [0.15, 0.2) is 0 Å². The summed E-state index contributed by atoms with van der Waals surface area (Å²) in [6.45, 7) is 7.23. The number of aliphatic hydroxyl groups excluding tert-OH is 1. The van der Waals surface area contributed by atoms with Crippen LogP contribution in [-0.4, -0.2) is 11.2 Å². The lowest BCUT2D eigenvalue weighted by Gasteiger charge is -2.61. The highest BCUT2D eigenvalue weighted by molar-refractivity contribution is 5.12. The molecule has 0 amide bonds. The molecule has 0 bridgehead atoms. The monoisotopic (exact) mass is 315 g/mol. The Balaban J connectivity index is 1.63. The van der Waals surface area contributed by atoms with Gasteiger partial charge in [-0.1, -0.05) is 20.8 Å². The number of fused-ring (bicyclic) bond motifs is 5. The summed E-state index contributed by atoms with van der Waals surface area (Å²) < 4.78 is 0. The van der Waals surface area contributed by atoms with Crippen LogP contribution in [0.5, 0.6) is 0 Å². The third kappa shape index (κ3) is 2.08. The lowest BCUT2D eigenvalue weighted by molar-refractivity contribution is -0.138. The number of hydrogen-bond acceptors (Lipinski definition) is 2. The molecule has 0 saturated heterocycles. The molecular weight excluding hydrogens is 282 g/mol. The van der Waals surface area contributed by atoms with Crippen molar-refractivity contribution in [3.63, 3.8) is 0 Å². The van der Waals surface area contributed by atoms with Gasteiger partial charge in [0, 0.05) is 0 Å². The van der Waals surface area contributed by atoms with Crippen molar-refractivity contribution in [2.75, 3.05) is 0 Å². The Morgan fingerprint density at radius 1 is 1.00 bits per heavy atom. The molecule has 4 fully saturated rings. The lowest BCUT2D eigenvalue weighted by atomic mass is 9.44. The van der Waals surface area contributed by atoms with Gasteiger partial charge in [0.1, 0.15) is 0 Å². The first-order chi connectivity index (χ1) is 10.9. The van der Waals surface area contributed by atoms with E-state index in [2.05, 4.69) is 26.8 Å². The second-order valence-corrected chi connectivity index (χ2v) is 9.94. The molecule has 9 atom stereocenters. The van der Waals surface area contributed by atoms with Crippen molar-refractivity contribution in [1.29, 1.82) is 5.26 Å². The number of rotatable bonds is 0. The molecule has 0 aromatic rings. The normalized spacial score (nSPS) is 58.7. The van der Waals surface area contributed by atoms with Crippen LogP contribution in [0.15, 0.2) is 0 Å². The summed E-state index contributed by atoms with van der Waals surface area (Å²) in [5, 5.41) is 19.9. The van der Waals surface area contributed by atoms with Gasteiger partial charge >= 0.3 is 0 Å². The van der Waals surface area contributed by atoms with Gasteiger partial charge < -0.3 is 5.11 Å². The third-order valence-electron chi connectivity index (χ3n) is 9.17. The average Bonchev–Trinajstić information content (AvgIpc) is 2.85. The third-order valence-corrected chi connectivity index (χ3v) is 9.17. The molecule has 4 aliphatic carbocycles. The Kier molecular flexibility index (Phi) is 3.62. The summed E-state index contributed by atoms with van der Waals surface area (Å²) in [6.07, 6.45) is 9.84. The summed E-state index contributed by atoms with van der Waals surface area (Å²) in [4.78, 5) is 0. The molecule has 0 aliphatic heterocycles. The largest absolute Gasteiger partial charge is 0.393 e. The van der Waals surface area contributed by atoms with E-state index in [4.69, 9.17) is 0 Å². The molecular formula is C21H33NO. The van der Waals surface area contributed by atoms with Crippen molar-refractivity contribution in [2.24, 2.45) is 46.3 Å². The number of nitriles is 1. The highest BCUT2D eigenvalue weighted by Gasteiger charge is 2.60. The molecule has 0 aromatic heterocycles. The van der Waals surface area contributed by atoms with Gasteiger partial charge in [-0.25, -0.2) is 0 Å². The van der Waals surface area contributed by atoms with Gasteiger partial charge in [-0.05, 0) is 91.8 Å². The van der Waals surface area contributed by atoms with Crippen LogP contribution in [-0.2, 0) is 0 Å². The van der Waals surface area contributed by atoms with E-state index in [0.29, 0.717) is 22.7 Å². The first-order valence-electron chi connectivity index (χ1n) is 9.98. The maximum Gasteiger partial charge on any atom is 0.0661 e. The Hall–Kier alpha value is -0.550. The van der Waals surface area contributed by atoms with Crippen LogP contribution in [0, 0.1) is 57.7 Å². The van der Waals surface area contributed by atoms with Crippen molar-refractivity contribution in [3.05, 3.63) is 0 Å². The summed E-state index contributed by atoms with van der Waals surface area (Å²) in [6, 6.07) is 2.64. The van der Waals surface area contributed by atoms with Crippen molar-refractivity contribution < 1.29 is 5.11 Å². The van der Waals surface area contributed by atoms with Gasteiger partial charge in [0.25, 0.3) is 0 Å². The van der Waals surface area contributed by atoms with Gasteiger partial charge in [-0.3, -0.25) is 0 Å². The molecule has 1 N–H and O–H groups in total. The van der Waals surface area contributed by atoms with Crippen molar-refractivity contribution in [3.8, 4) is 6.07 Å². The lowest BCUT2D eigenvalue weighted by Crippen LogP contribution is -2.55. The molecule has 9 unspecified atom stereocenters. The maximum atomic E-state index is 10.3. The van der Waals surface area contributed by atoms with E-state index < -0.39 is 0 Å². The predicted molar refractivity (Wildman–Crippen MR) is 91.4 cm³/mol. The van der Waals surface area contributed by atoms with E-state index in [9.17, 15) is 10.4 Å². The first kappa shape index (κ1) is 15.9. The zero-order chi connectivity index (χ0) is 16.4. The Morgan fingerprint density at radius 3 is 2.48 bits per heavy atom. The van der Waals surface area contributed by atoms with E-state index in [1.807, 2.05) is 0 Å². The number of hydrogen-bond donors (Lipinski definition) is 1. The van der Waals surface area contributed by atoms with Gasteiger partial charge in [0.05, 0.1) is 18.1 Å². The minimum Gasteiger partial charge on any atom is -0.393 e. The predicted octanol–water partition coefficient (Wildman–Crippen LogP) is 4.78. The fourth-order valence-electron chi connectivity index (χ4n) is 7.81. The zero-order valence-corrected chi connectivity index (χ0v) is 15.1. The van der Waals surface area contributed by atoms with Crippen LogP contribution in [0.4, 0.5) is 0 Å². The second-order valence-electron chi connectivity index (χ2n) is 9.94. The summed E-state index contributed by atoms with van der Waals surface area (Å²) in [5.41, 5.74) is 0.729. The fraction of sp³-hybridized carbons (Fsp3) is 0.952. The molecule has 0 radical (unpaired) electrons. The van der Waals surface area contributed by atoms with Crippen molar-refractivity contribution in [2.45, 2.75) is 78.2 Å². The average molecular weight is 316 g/mol. The molecule has 4 saturated carbocycles. The van der Waals surface area contributed by atoms with E-state index >= 15 is 0 Å². The van der Waals surface area contributed by atoms with Gasteiger partial charge in [-0.2, -0.15) is 5.26 Å². The quantitative estimate of drug-likeness (QED) is 0.699. The molecule has 0 aromatic carbocycles. The van der Waals surface area contributed by atoms with Crippen LogP contribution in [0.1, 0.15) is 72.1 Å². The minimum absolute atomic E-state index is 0.0760. The Bertz CT molecular complexity index is 524. The smallest absolute Gasteiger partial charge is 0.0661 e. The Morgan fingerprint density at radius 2 is 1.74 bits per heavy atom. The topological polar surface area (TPSA) is 44.0 Å². The maximum absolute atomic E-state index is 10.3. The molecule has 4 aliphatic rings. The molecule has 2 nitrogen and oxygen atoms in total. The van der Waals surface area contributed by atoms with Crippen LogP contribution in [0.3, 0.4) is 0 Å².